The van der Waals surface area contributed by atoms with E-state index in [9.17, 15) is 18.0 Å². The van der Waals surface area contributed by atoms with Crippen molar-refractivity contribution >= 4 is 28.3 Å². The van der Waals surface area contributed by atoms with E-state index in [1.807, 2.05) is 37.3 Å². The average Bonchev–Trinajstić information content (AvgIpc) is 3.43. The molecule has 144 valence electrons. The number of hydrogen-bond donors (Lipinski definition) is 2. The first-order valence-corrected chi connectivity index (χ1v) is 8.74. The van der Waals surface area contributed by atoms with Gasteiger partial charge in [0.15, 0.2) is 0 Å². The smallest absolute Gasteiger partial charge is 0.383 e. The summed E-state index contributed by atoms with van der Waals surface area (Å²) in [6.07, 6.45) is -3.07. The van der Waals surface area contributed by atoms with Crippen molar-refractivity contribution in [1.82, 2.24) is 9.97 Å². The highest BCUT2D eigenvalue weighted by Crippen LogP contribution is 2.50. The lowest BCUT2D eigenvalue weighted by atomic mass is 10.0. The molecule has 4 rings (SSSR count). The third kappa shape index (κ3) is 3.37. The second kappa shape index (κ2) is 6.47. The molecule has 1 amide bonds. The standard InChI is InChI=1S/C20H17F3N4O/c1-10-4-2-3-5-12(10)16-6-11-7-17(25-9-14(11)18(24)26-16)27-19(28)13-8-15(13)20(21,22)23/h2-7,9,13,15H,8H2,1H3,(H2,24,26)(H,25,27,28)/t13-,15-/m0/s1. The Morgan fingerprint density at radius 2 is 2.00 bits per heavy atom. The Labute approximate surface area is 158 Å². The molecule has 8 heteroatoms. The third-order valence-electron chi connectivity index (χ3n) is 4.96. The molecular formula is C20H17F3N4O. The molecule has 3 aromatic rings. The van der Waals surface area contributed by atoms with E-state index in [0.717, 1.165) is 11.1 Å². The largest absolute Gasteiger partial charge is 0.392 e. The molecule has 2 heterocycles. The molecule has 1 aromatic carbocycles. The molecule has 1 fully saturated rings. The number of alkyl halides is 3. The number of benzene rings is 1. The van der Waals surface area contributed by atoms with Crippen LogP contribution in [0.2, 0.25) is 0 Å². The van der Waals surface area contributed by atoms with E-state index in [1.165, 1.54) is 6.20 Å². The molecule has 1 aliphatic carbocycles. The molecule has 1 saturated carbocycles. The van der Waals surface area contributed by atoms with Gasteiger partial charge in [0.05, 0.1) is 17.5 Å². The van der Waals surface area contributed by atoms with Gasteiger partial charge in [-0.05, 0) is 36.4 Å². The van der Waals surface area contributed by atoms with E-state index >= 15 is 0 Å². The van der Waals surface area contributed by atoms with Crippen molar-refractivity contribution < 1.29 is 18.0 Å². The topological polar surface area (TPSA) is 80.9 Å². The van der Waals surface area contributed by atoms with Crippen LogP contribution in [0.3, 0.4) is 0 Å². The second-order valence-electron chi connectivity index (χ2n) is 6.98. The Morgan fingerprint density at radius 3 is 2.68 bits per heavy atom. The molecule has 0 radical (unpaired) electrons. The monoisotopic (exact) mass is 386 g/mol. The predicted molar refractivity (Wildman–Crippen MR) is 100 cm³/mol. The van der Waals surface area contributed by atoms with E-state index in [2.05, 4.69) is 15.3 Å². The lowest BCUT2D eigenvalue weighted by Crippen LogP contribution is -2.20. The fraction of sp³-hybridized carbons (Fsp3) is 0.250. The highest BCUT2D eigenvalue weighted by atomic mass is 19.4. The van der Waals surface area contributed by atoms with Crippen LogP contribution in [0.25, 0.3) is 22.0 Å². The molecule has 2 aromatic heterocycles. The predicted octanol–water partition coefficient (Wildman–Crippen LogP) is 4.32. The lowest BCUT2D eigenvalue weighted by Gasteiger charge is -2.10. The number of nitrogen functional groups attached to an aromatic ring is 1. The maximum absolute atomic E-state index is 12.7. The van der Waals surface area contributed by atoms with Crippen LogP contribution in [0.1, 0.15) is 12.0 Å². The van der Waals surface area contributed by atoms with Gasteiger partial charge in [0.2, 0.25) is 5.91 Å². The van der Waals surface area contributed by atoms with Crippen LogP contribution < -0.4 is 11.1 Å². The van der Waals surface area contributed by atoms with Gasteiger partial charge in [-0.15, -0.1) is 0 Å². The molecule has 2 atom stereocenters. The maximum atomic E-state index is 12.7. The van der Waals surface area contributed by atoms with E-state index in [4.69, 9.17) is 5.73 Å². The molecular weight excluding hydrogens is 369 g/mol. The summed E-state index contributed by atoms with van der Waals surface area (Å²) in [5, 5.41) is 3.78. The van der Waals surface area contributed by atoms with Gasteiger partial charge in [-0.2, -0.15) is 13.2 Å². The number of fused-ring (bicyclic) bond motifs is 1. The summed E-state index contributed by atoms with van der Waals surface area (Å²) in [5.41, 5.74) is 8.68. The van der Waals surface area contributed by atoms with Crippen molar-refractivity contribution in [3.05, 3.63) is 48.2 Å². The Morgan fingerprint density at radius 1 is 1.25 bits per heavy atom. The van der Waals surface area contributed by atoms with Gasteiger partial charge < -0.3 is 11.1 Å². The number of halogens is 3. The quantitative estimate of drug-likeness (QED) is 0.702. The van der Waals surface area contributed by atoms with Crippen molar-refractivity contribution in [2.24, 2.45) is 11.8 Å². The third-order valence-corrected chi connectivity index (χ3v) is 4.96. The van der Waals surface area contributed by atoms with Crippen LogP contribution in [-0.2, 0) is 4.79 Å². The van der Waals surface area contributed by atoms with Crippen LogP contribution in [0.5, 0.6) is 0 Å². The highest BCUT2D eigenvalue weighted by molar-refractivity contribution is 5.98. The Balaban J connectivity index is 1.63. The fourth-order valence-electron chi connectivity index (χ4n) is 3.31. The fourth-order valence-corrected chi connectivity index (χ4v) is 3.31. The van der Waals surface area contributed by atoms with E-state index in [-0.39, 0.29) is 12.2 Å². The van der Waals surface area contributed by atoms with Crippen LogP contribution in [0, 0.1) is 18.8 Å². The minimum Gasteiger partial charge on any atom is -0.383 e. The minimum absolute atomic E-state index is 0.183. The zero-order chi connectivity index (χ0) is 20.1. The molecule has 0 spiro atoms. The van der Waals surface area contributed by atoms with Crippen molar-refractivity contribution in [3.8, 4) is 11.3 Å². The number of aromatic nitrogens is 2. The van der Waals surface area contributed by atoms with Gasteiger partial charge in [0, 0.05) is 17.1 Å². The normalized spacial score (nSPS) is 18.9. The summed E-state index contributed by atoms with van der Waals surface area (Å²) >= 11 is 0. The van der Waals surface area contributed by atoms with Crippen LogP contribution >= 0.6 is 0 Å². The summed E-state index contributed by atoms with van der Waals surface area (Å²) in [6.45, 7) is 1.96. The number of nitrogens with zero attached hydrogens (tertiary/aromatic N) is 2. The molecule has 0 bridgehead atoms. The number of pyridine rings is 2. The number of rotatable bonds is 3. The molecule has 0 unspecified atom stereocenters. The van der Waals surface area contributed by atoms with Crippen molar-refractivity contribution in [2.45, 2.75) is 19.5 Å². The number of amides is 1. The van der Waals surface area contributed by atoms with Crippen molar-refractivity contribution in [1.29, 1.82) is 0 Å². The summed E-state index contributed by atoms with van der Waals surface area (Å²) < 4.78 is 38.0. The highest BCUT2D eigenvalue weighted by Gasteiger charge is 2.58. The average molecular weight is 386 g/mol. The van der Waals surface area contributed by atoms with Crippen molar-refractivity contribution in [2.75, 3.05) is 11.1 Å². The molecule has 0 saturated heterocycles. The van der Waals surface area contributed by atoms with Gasteiger partial charge in [-0.25, -0.2) is 9.97 Å². The summed E-state index contributed by atoms with van der Waals surface area (Å²) in [4.78, 5) is 20.6. The van der Waals surface area contributed by atoms with Crippen LogP contribution in [-0.4, -0.2) is 22.1 Å². The molecule has 3 N–H and O–H groups in total. The molecule has 0 aliphatic heterocycles. The Hall–Kier alpha value is -3.16. The number of carbonyl (C=O) groups excluding carboxylic acids is 1. The zero-order valence-electron chi connectivity index (χ0n) is 14.9. The number of aryl methyl sites for hydroxylation is 1. The Kier molecular flexibility index (Phi) is 4.21. The van der Waals surface area contributed by atoms with Gasteiger partial charge in [-0.3, -0.25) is 4.79 Å². The van der Waals surface area contributed by atoms with Gasteiger partial charge >= 0.3 is 6.18 Å². The molecule has 1 aliphatic rings. The van der Waals surface area contributed by atoms with E-state index < -0.39 is 23.9 Å². The van der Waals surface area contributed by atoms with Crippen molar-refractivity contribution in [3.63, 3.8) is 0 Å². The number of hydrogen-bond acceptors (Lipinski definition) is 4. The second-order valence-corrected chi connectivity index (χ2v) is 6.98. The first-order valence-electron chi connectivity index (χ1n) is 8.74. The van der Waals surface area contributed by atoms with Gasteiger partial charge in [0.25, 0.3) is 0 Å². The zero-order valence-corrected chi connectivity index (χ0v) is 14.9. The summed E-state index contributed by atoms with van der Waals surface area (Å²) in [7, 11) is 0. The van der Waals surface area contributed by atoms with E-state index in [0.29, 0.717) is 22.3 Å². The van der Waals surface area contributed by atoms with Crippen LogP contribution in [0.4, 0.5) is 24.8 Å². The van der Waals surface area contributed by atoms with Gasteiger partial charge in [-0.1, -0.05) is 24.3 Å². The van der Waals surface area contributed by atoms with E-state index in [1.54, 1.807) is 6.07 Å². The SMILES string of the molecule is Cc1ccccc1-c1cc2cc(NC(=O)[C@H]3C[C@@H]3C(F)(F)F)ncc2c(N)n1. The first kappa shape index (κ1) is 18.2. The number of nitrogens with two attached hydrogens (primary N) is 1. The Bertz CT molecular complexity index is 1080. The lowest BCUT2D eigenvalue weighted by molar-refractivity contribution is -0.153. The number of anilines is 2. The summed E-state index contributed by atoms with van der Waals surface area (Å²) in [6, 6.07) is 11.1. The summed E-state index contributed by atoms with van der Waals surface area (Å²) in [5.74, 6) is -2.81. The minimum atomic E-state index is -4.35. The number of nitrogens with one attached hydrogen (secondary N) is 1. The first-order chi connectivity index (χ1) is 13.2. The van der Waals surface area contributed by atoms with Gasteiger partial charge in [0.1, 0.15) is 11.6 Å². The van der Waals surface area contributed by atoms with Crippen LogP contribution in [0.15, 0.2) is 42.6 Å². The molecule has 28 heavy (non-hydrogen) atoms. The maximum Gasteiger partial charge on any atom is 0.392 e. The number of carbonyl (C=O) groups is 1. The molecule has 5 nitrogen and oxygen atoms in total.